The zero-order valence-electron chi connectivity index (χ0n) is 18.6. The summed E-state index contributed by atoms with van der Waals surface area (Å²) in [5, 5.41) is 10.1. The number of halogens is 1. The van der Waals surface area contributed by atoms with Crippen LogP contribution < -0.4 is 38.8 Å². The Morgan fingerprint density at radius 1 is 0.912 bits per heavy atom. The number of carbonyl (C=O) groups is 1. The van der Waals surface area contributed by atoms with Crippen LogP contribution in [0.5, 0.6) is 0 Å². The Morgan fingerprint density at radius 2 is 1.65 bits per heavy atom. The highest BCUT2D eigenvalue weighted by Crippen LogP contribution is 2.33. The van der Waals surface area contributed by atoms with Gasteiger partial charge < -0.3 is 34.0 Å². The van der Waals surface area contributed by atoms with E-state index in [1.165, 1.54) is 0 Å². The van der Waals surface area contributed by atoms with Gasteiger partial charge in [0.05, 0.1) is 26.4 Å². The molecule has 2 aliphatic rings. The van der Waals surface area contributed by atoms with Gasteiger partial charge in [0.15, 0.2) is 0 Å². The standard InChI is InChI=1S/C27H21N3O2S.HI/c1-29(19-6-4-3-5-7-19)21-12-14-23-25(16-21)33-26-17-22(13-15-24(26)28-23)30(2)20-10-8-18(9-11-20)27(31)32;/h3-17H,1-2H3;1H. The van der Waals surface area contributed by atoms with Crippen LogP contribution in [0.25, 0.3) is 20.8 Å². The minimum atomic E-state index is -0.924. The number of nitrogens with zero attached hydrogens (tertiary/aromatic N) is 3. The van der Waals surface area contributed by atoms with Crippen molar-refractivity contribution in [1.82, 2.24) is 9.56 Å². The molecule has 3 aromatic rings. The molecule has 5 rings (SSSR count). The molecule has 0 amide bonds. The molecule has 0 saturated heterocycles. The maximum Gasteiger partial charge on any atom is 0.335 e. The highest BCUT2D eigenvalue weighted by Gasteiger charge is 2.13. The van der Waals surface area contributed by atoms with Crippen LogP contribution >= 0.6 is 11.3 Å². The summed E-state index contributed by atoms with van der Waals surface area (Å²) in [6, 6.07) is 29.7. The topological polar surface area (TPSA) is 56.4 Å². The fraction of sp³-hybridized carbons (Fsp3) is 0.0741. The third kappa shape index (κ3) is 4.67. The van der Waals surface area contributed by atoms with Crippen LogP contribution in [0, 0.1) is 0 Å². The smallest absolute Gasteiger partial charge is 0.335 e. The Hall–Kier alpha value is -3.30. The first kappa shape index (κ1) is 23.8. The van der Waals surface area contributed by atoms with Crippen LogP contribution in [0.3, 0.4) is 0 Å². The molecule has 34 heavy (non-hydrogen) atoms. The zero-order valence-corrected chi connectivity index (χ0v) is 21.6. The van der Waals surface area contributed by atoms with Gasteiger partial charge in [0, 0.05) is 42.7 Å². The van der Waals surface area contributed by atoms with E-state index in [-0.39, 0.29) is 29.5 Å². The molecule has 0 spiro atoms. The molecule has 0 atom stereocenters. The second kappa shape index (κ2) is 9.90. The lowest BCUT2D eigenvalue weighted by molar-refractivity contribution is -0.0000219. The lowest BCUT2D eigenvalue weighted by atomic mass is 10.2. The van der Waals surface area contributed by atoms with E-state index in [0.717, 1.165) is 43.2 Å². The van der Waals surface area contributed by atoms with Crippen molar-refractivity contribution < 1.29 is 33.9 Å². The molecule has 3 aromatic carbocycles. The summed E-state index contributed by atoms with van der Waals surface area (Å²) < 4.78 is 3.16. The van der Waals surface area contributed by atoms with E-state index in [1.54, 1.807) is 23.5 Å². The van der Waals surface area contributed by atoms with E-state index in [9.17, 15) is 4.79 Å². The third-order valence-corrected chi connectivity index (χ3v) is 6.86. The first-order valence-corrected chi connectivity index (χ1v) is 11.3. The van der Waals surface area contributed by atoms with Crippen molar-refractivity contribution in [2.75, 3.05) is 19.0 Å². The zero-order chi connectivity index (χ0) is 22.9. The van der Waals surface area contributed by atoms with Crippen molar-refractivity contribution in [3.63, 3.8) is 0 Å². The third-order valence-electron chi connectivity index (χ3n) is 5.77. The van der Waals surface area contributed by atoms with Gasteiger partial charge in [-0.05, 0) is 48.5 Å². The van der Waals surface area contributed by atoms with Crippen LogP contribution in [-0.2, 0) is 0 Å². The Bertz CT molecular complexity index is 1520. The average Bonchev–Trinajstić information content (AvgIpc) is 2.86. The van der Waals surface area contributed by atoms with E-state index < -0.39 is 5.97 Å². The van der Waals surface area contributed by atoms with Gasteiger partial charge in [-0.25, -0.2) is 9.78 Å². The monoisotopic (exact) mass is 579 g/mol. The fourth-order valence-electron chi connectivity index (χ4n) is 3.80. The molecule has 170 valence electrons. The number of para-hydroxylation sites is 1. The molecule has 1 aliphatic heterocycles. The molecule has 0 fully saturated rings. The predicted octanol–water partition coefficient (Wildman–Crippen LogP) is 2.60. The van der Waals surface area contributed by atoms with Crippen molar-refractivity contribution >= 4 is 44.6 Å². The van der Waals surface area contributed by atoms with E-state index in [2.05, 4.69) is 48.3 Å². The molecular formula is C27H22IN3O2S. The summed E-state index contributed by atoms with van der Waals surface area (Å²) >= 11 is 1.72. The number of aromatic carboxylic acids is 1. The largest absolute Gasteiger partial charge is 1.00 e. The number of carboxylic acids is 1. The molecule has 0 unspecified atom stereocenters. The fourth-order valence-corrected chi connectivity index (χ4v) is 4.83. The number of hydrogen-bond acceptors (Lipinski definition) is 4. The molecule has 0 saturated carbocycles. The van der Waals surface area contributed by atoms with Gasteiger partial charge in [0.1, 0.15) is 7.05 Å². The van der Waals surface area contributed by atoms with E-state index >= 15 is 0 Å². The average molecular weight is 579 g/mol. The highest BCUT2D eigenvalue weighted by molar-refractivity contribution is 7.21. The van der Waals surface area contributed by atoms with Crippen LogP contribution in [0.2, 0.25) is 0 Å². The maximum atomic E-state index is 11.1. The molecule has 1 N–H and O–H groups in total. The summed E-state index contributed by atoms with van der Waals surface area (Å²) in [6.45, 7) is 0. The van der Waals surface area contributed by atoms with Crippen molar-refractivity contribution in [3.8, 4) is 10.6 Å². The summed E-state index contributed by atoms with van der Waals surface area (Å²) in [7, 11) is 4.04. The van der Waals surface area contributed by atoms with Gasteiger partial charge in [0.2, 0.25) is 11.0 Å². The molecular weight excluding hydrogens is 557 g/mol. The number of aromatic nitrogens is 1. The van der Waals surface area contributed by atoms with Crippen LogP contribution in [-0.4, -0.2) is 30.2 Å². The lowest BCUT2D eigenvalue weighted by Crippen LogP contribution is -3.00. The van der Waals surface area contributed by atoms with E-state index in [1.807, 2.05) is 54.1 Å². The minimum Gasteiger partial charge on any atom is -1.00 e. The predicted molar refractivity (Wildman–Crippen MR) is 135 cm³/mol. The highest BCUT2D eigenvalue weighted by atomic mass is 127. The minimum absolute atomic E-state index is 0. The maximum absolute atomic E-state index is 11.1. The Labute approximate surface area is 218 Å². The van der Waals surface area contributed by atoms with Crippen molar-refractivity contribution in [1.29, 1.82) is 0 Å². The van der Waals surface area contributed by atoms with Gasteiger partial charge >= 0.3 is 5.97 Å². The second-order valence-corrected chi connectivity index (χ2v) is 8.91. The summed E-state index contributed by atoms with van der Waals surface area (Å²) in [5.41, 5.74) is 5.37. The van der Waals surface area contributed by atoms with Crippen molar-refractivity contribution in [3.05, 3.63) is 102 Å². The van der Waals surface area contributed by atoms with E-state index in [0.29, 0.717) is 0 Å². The number of carboxylic acid groups (broad SMARTS) is 1. The SMILES string of the molecule is CN(c1ccccc1)c1ccc2nc3ccc(=[N+](C)c4ccc(C(=O)O)cc4)cc-3sc2c1.[I-]. The normalized spacial score (nSPS) is 11.7. The molecule has 1 heterocycles. The van der Waals surface area contributed by atoms with Crippen LogP contribution in [0.15, 0.2) is 91.0 Å². The summed E-state index contributed by atoms with van der Waals surface area (Å²) in [5.74, 6) is -0.924. The van der Waals surface area contributed by atoms with Gasteiger partial charge in [-0.2, -0.15) is 4.58 Å². The molecule has 1 aliphatic carbocycles. The molecule has 0 bridgehead atoms. The van der Waals surface area contributed by atoms with Gasteiger partial charge in [-0.3, -0.25) is 0 Å². The molecule has 0 radical (unpaired) electrons. The number of benzene rings is 4. The van der Waals surface area contributed by atoms with Gasteiger partial charge in [-0.15, -0.1) is 11.3 Å². The number of hydrogen-bond donors (Lipinski definition) is 1. The van der Waals surface area contributed by atoms with Crippen LogP contribution in [0.1, 0.15) is 10.4 Å². The summed E-state index contributed by atoms with van der Waals surface area (Å²) in [6.07, 6.45) is 0. The first-order valence-electron chi connectivity index (χ1n) is 10.5. The lowest BCUT2D eigenvalue weighted by Gasteiger charge is -2.20. The Morgan fingerprint density at radius 3 is 2.35 bits per heavy atom. The van der Waals surface area contributed by atoms with E-state index in [4.69, 9.17) is 10.1 Å². The van der Waals surface area contributed by atoms with Crippen molar-refractivity contribution in [2.45, 2.75) is 0 Å². The van der Waals surface area contributed by atoms with Crippen LogP contribution in [0.4, 0.5) is 17.1 Å². The molecule has 0 aromatic heterocycles. The Kier molecular flexibility index (Phi) is 6.95. The summed E-state index contributed by atoms with van der Waals surface area (Å²) in [4.78, 5) is 19.3. The van der Waals surface area contributed by atoms with Gasteiger partial charge in [0.25, 0.3) is 0 Å². The quantitative estimate of drug-likeness (QED) is 0.202. The Balaban J connectivity index is 0.00000274. The molecule has 5 nitrogen and oxygen atoms in total. The number of fused-ring (bicyclic) bond motifs is 2. The first-order chi connectivity index (χ1) is 16.0. The van der Waals surface area contributed by atoms with Crippen molar-refractivity contribution in [2.24, 2.45) is 0 Å². The molecule has 7 heteroatoms. The number of rotatable bonds is 4. The second-order valence-electron chi connectivity index (χ2n) is 7.82. The number of anilines is 2. The van der Waals surface area contributed by atoms with Gasteiger partial charge in [-0.1, -0.05) is 18.2 Å².